The van der Waals surface area contributed by atoms with Gasteiger partial charge in [0.25, 0.3) is 0 Å². The van der Waals surface area contributed by atoms with Gasteiger partial charge in [-0.3, -0.25) is 4.98 Å². The van der Waals surface area contributed by atoms with Crippen LogP contribution < -0.4 is 0 Å². The summed E-state index contributed by atoms with van der Waals surface area (Å²) in [5.74, 6) is 1.59. The Bertz CT molecular complexity index is 2320. The molecule has 0 N–H and O–H groups in total. The van der Waals surface area contributed by atoms with Crippen LogP contribution >= 0.6 is 0 Å². The van der Waals surface area contributed by atoms with Crippen LogP contribution in [-0.4, -0.2) is 14.5 Å². The Morgan fingerprint density at radius 1 is 0.875 bits per heavy atom. The van der Waals surface area contributed by atoms with Crippen molar-refractivity contribution < 1.29 is 32.7 Å². The van der Waals surface area contributed by atoms with E-state index in [9.17, 15) is 0 Å². The van der Waals surface area contributed by atoms with Crippen molar-refractivity contribution in [2.75, 3.05) is 0 Å². The zero-order chi connectivity index (χ0) is 38.2. The van der Waals surface area contributed by atoms with Crippen molar-refractivity contribution in [3.63, 3.8) is 0 Å². The molecule has 0 spiro atoms. The Labute approximate surface area is 306 Å². The SMILES string of the molecule is C=C(C)c1ccc2o[c-]c(-c3nc4ccccc4n3-c3c(C(C)C)cccc3C(C)C)c2c1.[2H]C([2H])([2H])c1c[c-]c(-c2ccc(C([2H])([2H])[2H])cn2)cc1.[Ir]. The van der Waals surface area contributed by atoms with Gasteiger partial charge in [-0.15, -0.1) is 35.4 Å². The van der Waals surface area contributed by atoms with Gasteiger partial charge in [0.1, 0.15) is 0 Å². The first-order chi connectivity index (χ1) is 25.0. The summed E-state index contributed by atoms with van der Waals surface area (Å²) >= 11 is 0. The van der Waals surface area contributed by atoms with Crippen molar-refractivity contribution in [1.29, 1.82) is 0 Å². The molecule has 245 valence electrons. The van der Waals surface area contributed by atoms with Crippen LogP contribution in [0.2, 0.25) is 0 Å². The second kappa shape index (κ2) is 14.7. The predicted octanol–water partition coefficient (Wildman–Crippen LogP) is 11.7. The third-order valence-electron chi connectivity index (χ3n) is 8.21. The smallest absolute Gasteiger partial charge is 0.0774 e. The number of rotatable bonds is 6. The number of hydrogen-bond acceptors (Lipinski definition) is 3. The molecule has 7 rings (SSSR count). The minimum absolute atomic E-state index is 0. The van der Waals surface area contributed by atoms with Crippen molar-refractivity contribution in [3.05, 3.63) is 144 Å². The third kappa shape index (κ3) is 6.99. The molecule has 0 bridgehead atoms. The predicted molar refractivity (Wildman–Crippen MR) is 196 cm³/mol. The molecule has 1 radical (unpaired) electrons. The van der Waals surface area contributed by atoms with E-state index >= 15 is 0 Å². The Kier molecular flexibility index (Phi) is 8.38. The summed E-state index contributed by atoms with van der Waals surface area (Å²) < 4.78 is 51.8. The normalized spacial score (nSPS) is 13.5. The maximum absolute atomic E-state index is 7.28. The number of benzene rings is 4. The minimum atomic E-state index is -2.18. The third-order valence-corrected chi connectivity index (χ3v) is 8.21. The molecule has 0 aliphatic rings. The van der Waals surface area contributed by atoms with Crippen LogP contribution in [0.5, 0.6) is 0 Å². The van der Waals surface area contributed by atoms with Gasteiger partial charge < -0.3 is 14.0 Å². The van der Waals surface area contributed by atoms with Gasteiger partial charge in [0.05, 0.1) is 16.9 Å². The van der Waals surface area contributed by atoms with Crippen molar-refractivity contribution in [1.82, 2.24) is 14.5 Å². The first-order valence-corrected chi connectivity index (χ1v) is 15.7. The monoisotopic (exact) mass is 814 g/mol. The van der Waals surface area contributed by atoms with Crippen LogP contribution in [0.1, 0.15) is 82.5 Å². The Morgan fingerprint density at radius 3 is 2.23 bits per heavy atom. The van der Waals surface area contributed by atoms with Gasteiger partial charge in [-0.05, 0) is 65.7 Å². The van der Waals surface area contributed by atoms with E-state index in [2.05, 4.69) is 98.6 Å². The number of para-hydroxylation sites is 3. The molecule has 5 heteroatoms. The second-order valence-electron chi connectivity index (χ2n) is 12.3. The molecular formula is C43H41IrN3O-2. The molecule has 4 nitrogen and oxygen atoms in total. The number of aryl methyl sites for hydroxylation is 2. The molecular weight excluding hydrogens is 767 g/mol. The van der Waals surface area contributed by atoms with Gasteiger partial charge in [0, 0.05) is 52.1 Å². The van der Waals surface area contributed by atoms with Crippen LogP contribution in [0.3, 0.4) is 0 Å². The minimum Gasteiger partial charge on any atom is -0.557 e. The average Bonchev–Trinajstić information content (AvgIpc) is 3.72. The molecule has 0 saturated heterocycles. The fourth-order valence-corrected chi connectivity index (χ4v) is 5.73. The van der Waals surface area contributed by atoms with E-state index in [4.69, 9.17) is 17.6 Å². The fourth-order valence-electron chi connectivity index (χ4n) is 5.73. The van der Waals surface area contributed by atoms with E-state index in [1.54, 1.807) is 12.1 Å². The van der Waals surface area contributed by atoms with Crippen molar-refractivity contribution >= 4 is 27.6 Å². The summed E-state index contributed by atoms with van der Waals surface area (Å²) in [5.41, 5.74) is 11.2. The first-order valence-electron chi connectivity index (χ1n) is 18.7. The van der Waals surface area contributed by atoms with Crippen molar-refractivity contribution in [2.45, 2.75) is 60.2 Å². The van der Waals surface area contributed by atoms with Gasteiger partial charge in [-0.25, -0.2) is 0 Å². The first kappa shape index (κ1) is 27.4. The second-order valence-corrected chi connectivity index (χ2v) is 12.3. The van der Waals surface area contributed by atoms with E-state index in [0.717, 1.165) is 44.5 Å². The number of aromatic nitrogens is 3. The summed E-state index contributed by atoms with van der Waals surface area (Å²) in [6.07, 6.45) is 4.48. The molecule has 4 aromatic carbocycles. The Hall–Kier alpha value is -4.57. The number of fused-ring (bicyclic) bond motifs is 2. The van der Waals surface area contributed by atoms with Gasteiger partial charge in [-0.1, -0.05) is 118 Å². The molecule has 0 saturated carbocycles. The summed E-state index contributed by atoms with van der Waals surface area (Å²) in [7, 11) is 0. The number of pyridine rings is 1. The van der Waals surface area contributed by atoms with E-state index < -0.39 is 13.7 Å². The largest absolute Gasteiger partial charge is 0.557 e. The average molecular weight is 814 g/mol. The summed E-state index contributed by atoms with van der Waals surface area (Å²) in [5, 5.41) is 1.00. The summed E-state index contributed by atoms with van der Waals surface area (Å²) in [6, 6.07) is 31.6. The molecule has 0 unspecified atom stereocenters. The molecule has 0 aliphatic carbocycles. The van der Waals surface area contributed by atoms with Crippen LogP contribution in [0.4, 0.5) is 0 Å². The molecule has 0 atom stereocenters. The molecule has 48 heavy (non-hydrogen) atoms. The van der Waals surface area contributed by atoms with Crippen molar-refractivity contribution in [2.24, 2.45) is 0 Å². The Morgan fingerprint density at radius 2 is 1.60 bits per heavy atom. The summed E-state index contributed by atoms with van der Waals surface area (Å²) in [6.45, 7) is 10.8. The zero-order valence-electron chi connectivity index (χ0n) is 33.7. The van der Waals surface area contributed by atoms with E-state index in [1.807, 2.05) is 25.1 Å². The number of furan rings is 1. The number of imidazole rings is 1. The number of allylic oxidation sites excluding steroid dienone is 1. The maximum atomic E-state index is 7.28. The zero-order valence-corrected chi connectivity index (χ0v) is 30.1. The molecule has 7 aromatic rings. The van der Waals surface area contributed by atoms with Crippen LogP contribution in [-0.2, 0) is 20.1 Å². The van der Waals surface area contributed by atoms with Gasteiger partial charge in [-0.2, -0.15) is 0 Å². The van der Waals surface area contributed by atoms with Crippen LogP contribution in [0, 0.1) is 26.0 Å². The van der Waals surface area contributed by atoms with Crippen LogP contribution in [0.15, 0.2) is 108 Å². The van der Waals surface area contributed by atoms with Crippen LogP contribution in [0.25, 0.3) is 55.9 Å². The van der Waals surface area contributed by atoms with E-state index in [0.29, 0.717) is 23.1 Å². The van der Waals surface area contributed by atoms with E-state index in [1.165, 1.54) is 41.2 Å². The standard InChI is InChI=1S/C30H29N2O.C13H12N.Ir/c1-18(2)21-14-15-28-24(16-21)25(17-33-28)30-31-26-12-7-8-13-27(26)32(30)29-22(19(3)4)10-9-11-23(29)20(5)6;1-10-3-6-12(7-4-10)13-8-5-11(2)9-14-13;/h7-16,19-20H,1H2,2-6H3;3-6,8-9H,1-2H3;/q2*-1;/i;1D3,2D3;. The summed E-state index contributed by atoms with van der Waals surface area (Å²) in [4.78, 5) is 9.18. The topological polar surface area (TPSA) is 43.9 Å². The fraction of sp³-hybridized carbons (Fsp3) is 0.209. The van der Waals surface area contributed by atoms with E-state index in [-0.39, 0.29) is 31.2 Å². The van der Waals surface area contributed by atoms with Gasteiger partial charge in [0.15, 0.2) is 0 Å². The number of hydrogen-bond donors (Lipinski definition) is 0. The Balaban J connectivity index is 0.000000230. The van der Waals surface area contributed by atoms with Crippen molar-refractivity contribution in [3.8, 4) is 28.3 Å². The molecule has 0 aliphatic heterocycles. The quantitative estimate of drug-likeness (QED) is 0.157. The maximum Gasteiger partial charge on any atom is 0.0774 e. The molecule has 3 aromatic heterocycles. The number of nitrogens with zero attached hydrogens (tertiary/aromatic N) is 3. The molecule has 0 fully saturated rings. The van der Waals surface area contributed by atoms with Gasteiger partial charge in [0.2, 0.25) is 0 Å². The molecule has 3 heterocycles. The van der Waals surface area contributed by atoms with Gasteiger partial charge >= 0.3 is 0 Å². The molecule has 0 amide bonds.